The summed E-state index contributed by atoms with van der Waals surface area (Å²) in [6.07, 6.45) is 5.23. The van der Waals surface area contributed by atoms with Gasteiger partial charge in [-0.2, -0.15) is 0 Å². The van der Waals surface area contributed by atoms with Crippen LogP contribution in [0.15, 0.2) is 0 Å². The number of hydrogen-bond acceptors (Lipinski definition) is 3. The van der Waals surface area contributed by atoms with Crippen LogP contribution >= 0.6 is 0 Å². The number of nitrogens with zero attached hydrogens (tertiary/aromatic N) is 1. The SMILES string of the molecule is CC1CC(N)CCC1C(=O)N(C)CC1CCCOC1. The lowest BCUT2D eigenvalue weighted by Crippen LogP contribution is -2.43. The molecule has 110 valence electrons. The molecule has 0 spiro atoms. The second-order valence-corrected chi connectivity index (χ2v) is 6.46. The monoisotopic (exact) mass is 268 g/mol. The van der Waals surface area contributed by atoms with E-state index in [4.69, 9.17) is 10.5 Å². The molecule has 1 amide bonds. The number of carbonyl (C=O) groups excluding carboxylic acids is 1. The van der Waals surface area contributed by atoms with Crippen molar-refractivity contribution in [1.82, 2.24) is 4.90 Å². The first kappa shape index (κ1) is 14.8. The molecule has 1 heterocycles. The predicted molar refractivity (Wildman–Crippen MR) is 75.7 cm³/mol. The maximum absolute atomic E-state index is 12.5. The van der Waals surface area contributed by atoms with Crippen molar-refractivity contribution in [3.8, 4) is 0 Å². The number of amides is 1. The summed E-state index contributed by atoms with van der Waals surface area (Å²) in [6.45, 7) is 4.70. The zero-order chi connectivity index (χ0) is 13.8. The smallest absolute Gasteiger partial charge is 0.225 e. The van der Waals surface area contributed by atoms with E-state index in [2.05, 4.69) is 6.92 Å². The number of carbonyl (C=O) groups is 1. The highest BCUT2D eigenvalue weighted by Gasteiger charge is 2.33. The van der Waals surface area contributed by atoms with Crippen molar-refractivity contribution >= 4 is 5.91 Å². The summed E-state index contributed by atoms with van der Waals surface area (Å²) < 4.78 is 5.49. The van der Waals surface area contributed by atoms with E-state index in [0.717, 1.165) is 45.4 Å². The highest BCUT2D eigenvalue weighted by Crippen LogP contribution is 2.30. The predicted octanol–water partition coefficient (Wildman–Crippen LogP) is 1.63. The van der Waals surface area contributed by atoms with Crippen LogP contribution in [-0.2, 0) is 9.53 Å². The second kappa shape index (κ2) is 6.71. The molecule has 4 heteroatoms. The van der Waals surface area contributed by atoms with E-state index < -0.39 is 0 Å². The van der Waals surface area contributed by atoms with Crippen LogP contribution in [0, 0.1) is 17.8 Å². The average molecular weight is 268 g/mol. The molecule has 1 aliphatic heterocycles. The Bertz CT molecular complexity index is 303. The van der Waals surface area contributed by atoms with E-state index in [1.165, 1.54) is 6.42 Å². The first-order valence-electron chi connectivity index (χ1n) is 7.66. The molecule has 0 aromatic rings. The van der Waals surface area contributed by atoms with E-state index in [0.29, 0.717) is 17.7 Å². The lowest BCUT2D eigenvalue weighted by Gasteiger charge is -2.35. The van der Waals surface area contributed by atoms with Crippen molar-refractivity contribution in [3.05, 3.63) is 0 Å². The Morgan fingerprint density at radius 3 is 2.79 bits per heavy atom. The Hall–Kier alpha value is -0.610. The topological polar surface area (TPSA) is 55.6 Å². The zero-order valence-corrected chi connectivity index (χ0v) is 12.3. The minimum atomic E-state index is 0.175. The van der Waals surface area contributed by atoms with Crippen LogP contribution in [0.2, 0.25) is 0 Å². The van der Waals surface area contributed by atoms with Crippen molar-refractivity contribution in [2.24, 2.45) is 23.5 Å². The molecule has 2 rings (SSSR count). The fraction of sp³-hybridized carbons (Fsp3) is 0.933. The summed E-state index contributed by atoms with van der Waals surface area (Å²) in [5.41, 5.74) is 5.97. The molecule has 0 radical (unpaired) electrons. The van der Waals surface area contributed by atoms with Gasteiger partial charge in [-0.25, -0.2) is 0 Å². The van der Waals surface area contributed by atoms with E-state index >= 15 is 0 Å². The Balaban J connectivity index is 1.84. The normalized spacial score (nSPS) is 35.9. The summed E-state index contributed by atoms with van der Waals surface area (Å²) in [6, 6.07) is 0.288. The molecule has 0 aromatic carbocycles. The number of hydrogen-bond donors (Lipinski definition) is 1. The summed E-state index contributed by atoms with van der Waals surface area (Å²) >= 11 is 0. The van der Waals surface area contributed by atoms with E-state index in [9.17, 15) is 4.79 Å². The number of rotatable bonds is 3. The fourth-order valence-corrected chi connectivity index (χ4v) is 3.52. The minimum absolute atomic E-state index is 0.175. The second-order valence-electron chi connectivity index (χ2n) is 6.46. The molecule has 2 fully saturated rings. The standard InChI is InChI=1S/C15H28N2O2/c1-11-8-13(16)5-6-14(11)15(18)17(2)9-12-4-3-7-19-10-12/h11-14H,3-10,16H2,1-2H3. The van der Waals surface area contributed by atoms with Gasteiger partial charge in [-0.15, -0.1) is 0 Å². The molecular formula is C15H28N2O2. The Morgan fingerprint density at radius 2 is 2.16 bits per heavy atom. The van der Waals surface area contributed by atoms with Crippen molar-refractivity contribution in [2.45, 2.75) is 45.1 Å². The van der Waals surface area contributed by atoms with Gasteiger partial charge in [0.25, 0.3) is 0 Å². The Morgan fingerprint density at radius 1 is 1.37 bits per heavy atom. The van der Waals surface area contributed by atoms with Gasteiger partial charge in [0, 0.05) is 32.2 Å². The van der Waals surface area contributed by atoms with Crippen LogP contribution in [0.5, 0.6) is 0 Å². The summed E-state index contributed by atoms with van der Waals surface area (Å²) in [5.74, 6) is 1.42. The molecule has 1 aliphatic carbocycles. The van der Waals surface area contributed by atoms with Crippen LogP contribution in [0.1, 0.15) is 39.0 Å². The van der Waals surface area contributed by atoms with Crippen molar-refractivity contribution < 1.29 is 9.53 Å². The van der Waals surface area contributed by atoms with Crippen molar-refractivity contribution in [3.63, 3.8) is 0 Å². The highest BCUT2D eigenvalue weighted by molar-refractivity contribution is 5.79. The van der Waals surface area contributed by atoms with Gasteiger partial charge >= 0.3 is 0 Å². The molecule has 4 nitrogen and oxygen atoms in total. The van der Waals surface area contributed by atoms with Gasteiger partial charge in [0.1, 0.15) is 0 Å². The zero-order valence-electron chi connectivity index (χ0n) is 12.3. The Labute approximate surface area is 116 Å². The van der Waals surface area contributed by atoms with Crippen LogP contribution in [0.4, 0.5) is 0 Å². The fourth-order valence-electron chi connectivity index (χ4n) is 3.52. The molecule has 0 aromatic heterocycles. The van der Waals surface area contributed by atoms with E-state index in [1.807, 2.05) is 11.9 Å². The maximum atomic E-state index is 12.5. The maximum Gasteiger partial charge on any atom is 0.225 e. The van der Waals surface area contributed by atoms with Gasteiger partial charge in [-0.05, 0) is 43.9 Å². The van der Waals surface area contributed by atoms with Gasteiger partial charge in [0.05, 0.1) is 6.61 Å². The molecule has 0 bridgehead atoms. The molecule has 2 N–H and O–H groups in total. The van der Waals surface area contributed by atoms with Crippen LogP contribution in [0.25, 0.3) is 0 Å². The average Bonchev–Trinajstić information content (AvgIpc) is 2.39. The van der Waals surface area contributed by atoms with Crippen LogP contribution in [-0.4, -0.2) is 43.7 Å². The highest BCUT2D eigenvalue weighted by atomic mass is 16.5. The first-order valence-corrected chi connectivity index (χ1v) is 7.66. The molecule has 4 atom stereocenters. The summed E-state index contributed by atoms with van der Waals surface area (Å²) in [5, 5.41) is 0. The third-order valence-electron chi connectivity index (χ3n) is 4.69. The minimum Gasteiger partial charge on any atom is -0.381 e. The van der Waals surface area contributed by atoms with Crippen LogP contribution in [0.3, 0.4) is 0 Å². The van der Waals surface area contributed by atoms with Gasteiger partial charge in [0.2, 0.25) is 5.91 Å². The van der Waals surface area contributed by atoms with Crippen LogP contribution < -0.4 is 5.73 Å². The van der Waals surface area contributed by atoms with E-state index in [1.54, 1.807) is 0 Å². The molecule has 1 saturated heterocycles. The lowest BCUT2D eigenvalue weighted by molar-refractivity contribution is -0.138. The first-order chi connectivity index (χ1) is 9.08. The third kappa shape index (κ3) is 3.93. The quantitative estimate of drug-likeness (QED) is 0.846. The largest absolute Gasteiger partial charge is 0.381 e. The van der Waals surface area contributed by atoms with Gasteiger partial charge in [0.15, 0.2) is 0 Å². The third-order valence-corrected chi connectivity index (χ3v) is 4.69. The lowest BCUT2D eigenvalue weighted by atomic mass is 9.77. The van der Waals surface area contributed by atoms with Gasteiger partial charge in [-0.3, -0.25) is 4.79 Å². The molecule has 19 heavy (non-hydrogen) atoms. The number of ether oxygens (including phenoxy) is 1. The van der Waals surface area contributed by atoms with E-state index in [-0.39, 0.29) is 12.0 Å². The molecule has 2 aliphatic rings. The summed E-state index contributed by atoms with van der Waals surface area (Å²) in [4.78, 5) is 14.5. The van der Waals surface area contributed by atoms with Crippen molar-refractivity contribution in [2.75, 3.05) is 26.8 Å². The Kier molecular flexibility index (Phi) is 5.22. The molecule has 1 saturated carbocycles. The van der Waals surface area contributed by atoms with Gasteiger partial charge < -0.3 is 15.4 Å². The number of nitrogens with two attached hydrogens (primary N) is 1. The molecule has 4 unspecified atom stereocenters. The molecular weight excluding hydrogens is 240 g/mol. The van der Waals surface area contributed by atoms with Gasteiger partial charge in [-0.1, -0.05) is 6.92 Å². The summed E-state index contributed by atoms with van der Waals surface area (Å²) in [7, 11) is 1.94. The van der Waals surface area contributed by atoms with Crippen molar-refractivity contribution in [1.29, 1.82) is 0 Å².